The van der Waals surface area contributed by atoms with Crippen molar-refractivity contribution in [1.29, 1.82) is 0 Å². The molecule has 5 heteroatoms. The zero-order valence-electron chi connectivity index (χ0n) is 10.8. The van der Waals surface area contributed by atoms with Gasteiger partial charge >= 0.3 is 0 Å². The molecule has 0 radical (unpaired) electrons. The summed E-state index contributed by atoms with van der Waals surface area (Å²) in [6, 6.07) is 5.76. The average molecular weight is 257 g/mol. The zero-order chi connectivity index (χ0) is 13.2. The first kappa shape index (κ1) is 12.0. The highest BCUT2D eigenvalue weighted by Crippen LogP contribution is 2.21. The number of hydrogen-bond acceptors (Lipinski definition) is 4. The lowest BCUT2D eigenvalue weighted by molar-refractivity contribution is 0.0989. The monoisotopic (exact) mass is 257 g/mol. The number of hydrogen-bond donors (Lipinski definition) is 0. The number of fused-ring (bicyclic) bond motifs is 1. The maximum atomic E-state index is 12.3. The van der Waals surface area contributed by atoms with Crippen molar-refractivity contribution in [3.05, 3.63) is 47.0 Å². The quantitative estimate of drug-likeness (QED) is 0.783. The number of nitrogens with zero attached hydrogens (tertiary/aromatic N) is 3. The number of aromatic nitrogens is 3. The summed E-state index contributed by atoms with van der Waals surface area (Å²) in [4.78, 5) is 16.4. The highest BCUT2D eigenvalue weighted by Gasteiger charge is 2.16. The predicted molar refractivity (Wildman–Crippen MR) is 68.7 cm³/mol. The molecule has 0 bridgehead atoms. The number of carbonyl (C=O) groups is 1. The lowest BCUT2D eigenvalue weighted by Gasteiger charge is -2.04. The van der Waals surface area contributed by atoms with Gasteiger partial charge in [-0.15, -0.1) is 0 Å². The third-order valence-corrected chi connectivity index (χ3v) is 3.36. The van der Waals surface area contributed by atoms with E-state index in [2.05, 4.69) is 10.1 Å². The van der Waals surface area contributed by atoms with Gasteiger partial charge in [-0.3, -0.25) is 4.79 Å². The van der Waals surface area contributed by atoms with Gasteiger partial charge in [-0.25, -0.2) is 9.67 Å². The lowest BCUT2D eigenvalue weighted by atomic mass is 10.0. The van der Waals surface area contributed by atoms with E-state index in [9.17, 15) is 4.79 Å². The maximum Gasteiger partial charge on any atom is 0.170 e. The fourth-order valence-corrected chi connectivity index (χ4v) is 2.28. The SMILES string of the molecule is CCn1ncnc1CC(=O)c1ccc2c(c1)COC2. The Morgan fingerprint density at radius 2 is 2.21 bits per heavy atom. The van der Waals surface area contributed by atoms with Gasteiger partial charge in [0.1, 0.15) is 12.2 Å². The van der Waals surface area contributed by atoms with Crippen LogP contribution in [0.1, 0.15) is 34.2 Å². The largest absolute Gasteiger partial charge is 0.372 e. The first-order chi connectivity index (χ1) is 9.28. The van der Waals surface area contributed by atoms with Gasteiger partial charge in [0.15, 0.2) is 5.78 Å². The molecular weight excluding hydrogens is 242 g/mol. The van der Waals surface area contributed by atoms with E-state index in [1.165, 1.54) is 11.9 Å². The molecule has 0 N–H and O–H groups in total. The van der Waals surface area contributed by atoms with Gasteiger partial charge in [0.2, 0.25) is 0 Å². The molecule has 0 aliphatic carbocycles. The zero-order valence-corrected chi connectivity index (χ0v) is 10.8. The van der Waals surface area contributed by atoms with Crippen LogP contribution in [0.4, 0.5) is 0 Å². The summed E-state index contributed by atoms with van der Waals surface area (Å²) in [6.45, 7) is 3.95. The number of aryl methyl sites for hydroxylation is 1. The number of ketones is 1. The summed E-state index contributed by atoms with van der Waals surface area (Å²) in [5.41, 5.74) is 3.01. The van der Waals surface area contributed by atoms with E-state index < -0.39 is 0 Å². The van der Waals surface area contributed by atoms with Crippen LogP contribution in [0, 0.1) is 0 Å². The Kier molecular flexibility index (Phi) is 3.13. The van der Waals surface area contributed by atoms with Crippen molar-refractivity contribution in [2.75, 3.05) is 0 Å². The van der Waals surface area contributed by atoms with E-state index in [-0.39, 0.29) is 12.2 Å². The molecule has 0 spiro atoms. The van der Waals surface area contributed by atoms with Crippen LogP contribution in [0.5, 0.6) is 0 Å². The first-order valence-electron chi connectivity index (χ1n) is 6.37. The number of rotatable bonds is 4. The number of benzene rings is 1. The van der Waals surface area contributed by atoms with Gasteiger partial charge < -0.3 is 4.74 Å². The van der Waals surface area contributed by atoms with Crippen LogP contribution >= 0.6 is 0 Å². The molecule has 0 fully saturated rings. The van der Waals surface area contributed by atoms with Crippen LogP contribution in [0.3, 0.4) is 0 Å². The molecule has 19 heavy (non-hydrogen) atoms. The van der Waals surface area contributed by atoms with Crippen LogP contribution in [-0.4, -0.2) is 20.5 Å². The molecule has 1 aromatic heterocycles. The molecule has 1 aliphatic heterocycles. The molecule has 2 aromatic rings. The van der Waals surface area contributed by atoms with E-state index >= 15 is 0 Å². The molecule has 3 rings (SSSR count). The Bertz CT molecular complexity index is 619. The van der Waals surface area contributed by atoms with Gasteiger partial charge in [0, 0.05) is 12.1 Å². The second-order valence-corrected chi connectivity index (χ2v) is 4.57. The molecular formula is C14H15N3O2. The van der Waals surface area contributed by atoms with E-state index in [0.29, 0.717) is 19.0 Å². The standard InChI is InChI=1S/C14H15N3O2/c1-2-17-14(15-9-16-17)6-13(18)10-3-4-11-7-19-8-12(11)5-10/h3-5,9H,2,6-8H2,1H3. The minimum Gasteiger partial charge on any atom is -0.372 e. The van der Waals surface area contributed by atoms with Crippen molar-refractivity contribution in [3.8, 4) is 0 Å². The van der Waals surface area contributed by atoms with E-state index in [1.807, 2.05) is 25.1 Å². The minimum atomic E-state index is 0.0670. The van der Waals surface area contributed by atoms with Crippen LogP contribution in [0.2, 0.25) is 0 Å². The topological polar surface area (TPSA) is 57.0 Å². The Hall–Kier alpha value is -2.01. The Morgan fingerprint density at radius 3 is 3.05 bits per heavy atom. The van der Waals surface area contributed by atoms with Gasteiger partial charge in [-0.1, -0.05) is 12.1 Å². The lowest BCUT2D eigenvalue weighted by Crippen LogP contribution is -2.11. The molecule has 5 nitrogen and oxygen atoms in total. The third kappa shape index (κ3) is 2.29. The Balaban J connectivity index is 1.81. The molecule has 0 unspecified atom stereocenters. The van der Waals surface area contributed by atoms with Crippen molar-refractivity contribution in [2.45, 2.75) is 33.1 Å². The minimum absolute atomic E-state index is 0.0670. The number of Topliss-reactive ketones (excluding diaryl/α,β-unsaturated/α-hetero) is 1. The molecule has 0 amide bonds. The molecule has 0 atom stereocenters. The fourth-order valence-electron chi connectivity index (χ4n) is 2.28. The fraction of sp³-hybridized carbons (Fsp3) is 0.357. The summed E-state index contributed by atoms with van der Waals surface area (Å²) in [5.74, 6) is 0.779. The van der Waals surface area contributed by atoms with Gasteiger partial charge in [0.05, 0.1) is 19.6 Å². The number of ether oxygens (including phenoxy) is 1. The van der Waals surface area contributed by atoms with Gasteiger partial charge in [-0.05, 0) is 24.1 Å². The predicted octanol–water partition coefficient (Wildman–Crippen LogP) is 1.75. The van der Waals surface area contributed by atoms with Crippen molar-refractivity contribution in [1.82, 2.24) is 14.8 Å². The molecule has 1 aromatic carbocycles. The highest BCUT2D eigenvalue weighted by atomic mass is 16.5. The summed E-state index contributed by atoms with van der Waals surface area (Å²) >= 11 is 0. The average Bonchev–Trinajstić information content (AvgIpc) is 3.05. The Morgan fingerprint density at radius 1 is 1.37 bits per heavy atom. The van der Waals surface area contributed by atoms with E-state index in [0.717, 1.165) is 17.7 Å². The Labute approximate surface area is 111 Å². The maximum absolute atomic E-state index is 12.3. The summed E-state index contributed by atoms with van der Waals surface area (Å²) in [5, 5.41) is 4.07. The summed E-state index contributed by atoms with van der Waals surface area (Å²) in [6.07, 6.45) is 1.77. The van der Waals surface area contributed by atoms with Gasteiger partial charge in [0.25, 0.3) is 0 Å². The van der Waals surface area contributed by atoms with Crippen molar-refractivity contribution in [2.24, 2.45) is 0 Å². The van der Waals surface area contributed by atoms with E-state index in [1.54, 1.807) is 4.68 Å². The normalized spacial score (nSPS) is 13.5. The smallest absolute Gasteiger partial charge is 0.170 e. The summed E-state index contributed by atoms with van der Waals surface area (Å²) < 4.78 is 7.10. The molecule has 1 aliphatic rings. The van der Waals surface area contributed by atoms with Crippen molar-refractivity contribution >= 4 is 5.78 Å². The number of carbonyl (C=O) groups excluding carboxylic acids is 1. The van der Waals surface area contributed by atoms with Crippen LogP contribution in [-0.2, 0) is 30.9 Å². The van der Waals surface area contributed by atoms with Gasteiger partial charge in [-0.2, -0.15) is 5.10 Å². The summed E-state index contributed by atoms with van der Waals surface area (Å²) in [7, 11) is 0. The van der Waals surface area contributed by atoms with Crippen molar-refractivity contribution in [3.63, 3.8) is 0 Å². The van der Waals surface area contributed by atoms with Crippen LogP contribution in [0.25, 0.3) is 0 Å². The highest BCUT2D eigenvalue weighted by molar-refractivity contribution is 5.97. The second-order valence-electron chi connectivity index (χ2n) is 4.57. The molecule has 0 saturated carbocycles. The van der Waals surface area contributed by atoms with Crippen LogP contribution in [0.15, 0.2) is 24.5 Å². The molecule has 0 saturated heterocycles. The van der Waals surface area contributed by atoms with Crippen molar-refractivity contribution < 1.29 is 9.53 Å². The first-order valence-corrected chi connectivity index (χ1v) is 6.37. The second kappa shape index (κ2) is 4.93. The molecule has 2 heterocycles. The van der Waals surface area contributed by atoms with E-state index in [4.69, 9.17) is 4.74 Å². The third-order valence-electron chi connectivity index (χ3n) is 3.36. The molecule has 98 valence electrons. The van der Waals surface area contributed by atoms with Crippen LogP contribution < -0.4 is 0 Å².